The molecule has 0 spiro atoms. The van der Waals surface area contributed by atoms with Crippen molar-refractivity contribution in [3.05, 3.63) is 95.6 Å². The van der Waals surface area contributed by atoms with Crippen molar-refractivity contribution in [1.29, 1.82) is 0 Å². The molecule has 0 aliphatic heterocycles. The lowest BCUT2D eigenvalue weighted by Crippen LogP contribution is -2.27. The quantitative estimate of drug-likeness (QED) is 0.282. The Morgan fingerprint density at radius 1 is 0.694 bits per heavy atom. The Hall–Kier alpha value is -3.50. The standard InChI is InChI=1S/C26H30N4O4S2/c1-4-5-11-25(27-29-35(31,32)23-16-12-20(2)13-17-23)26(22-9-7-6-8-10-22)28-30-36(33,34)24-18-14-21(3)15-19-24/h6-10,12-19,29-30H,4-5,11H2,1-3H3. The first kappa shape index (κ1) is 27.1. The number of nitrogens with one attached hydrogen (secondary N) is 2. The molecule has 36 heavy (non-hydrogen) atoms. The molecule has 3 rings (SSSR count). The Morgan fingerprint density at radius 2 is 1.17 bits per heavy atom. The summed E-state index contributed by atoms with van der Waals surface area (Å²) in [5.41, 5.74) is 2.99. The summed E-state index contributed by atoms with van der Waals surface area (Å²) in [7, 11) is -7.89. The van der Waals surface area contributed by atoms with Gasteiger partial charge in [-0.15, -0.1) is 0 Å². The fraction of sp³-hybridized carbons (Fsp3) is 0.231. The van der Waals surface area contributed by atoms with Gasteiger partial charge in [0.2, 0.25) is 0 Å². The SMILES string of the molecule is CCCCC(=NNS(=O)(=O)c1ccc(C)cc1)C(=NNS(=O)(=O)c1ccc(C)cc1)c1ccccc1. The predicted molar refractivity (Wildman–Crippen MR) is 143 cm³/mol. The minimum Gasteiger partial charge on any atom is -0.200 e. The van der Waals surface area contributed by atoms with Crippen molar-refractivity contribution in [2.24, 2.45) is 10.2 Å². The van der Waals surface area contributed by atoms with Crippen LogP contribution in [-0.2, 0) is 20.0 Å². The lowest BCUT2D eigenvalue weighted by Gasteiger charge is -2.13. The van der Waals surface area contributed by atoms with Crippen molar-refractivity contribution in [2.75, 3.05) is 0 Å². The summed E-state index contributed by atoms with van der Waals surface area (Å²) in [4.78, 5) is 4.72. The van der Waals surface area contributed by atoms with Crippen molar-refractivity contribution >= 4 is 31.5 Å². The topological polar surface area (TPSA) is 117 Å². The lowest BCUT2D eigenvalue weighted by molar-refractivity contribution is 0.582. The summed E-state index contributed by atoms with van der Waals surface area (Å²) in [6.45, 7) is 5.72. The van der Waals surface area contributed by atoms with E-state index in [0.29, 0.717) is 24.1 Å². The number of hydrogen-bond donors (Lipinski definition) is 2. The molecule has 0 amide bonds. The van der Waals surface area contributed by atoms with E-state index >= 15 is 0 Å². The summed E-state index contributed by atoms with van der Waals surface area (Å²) < 4.78 is 51.4. The second kappa shape index (κ2) is 12.0. The maximum atomic E-state index is 12.9. The molecular formula is C26H30N4O4S2. The van der Waals surface area contributed by atoms with Crippen LogP contribution in [0.1, 0.15) is 42.9 Å². The molecule has 8 nitrogen and oxygen atoms in total. The molecule has 0 saturated carbocycles. The Labute approximate surface area is 213 Å². The largest absolute Gasteiger partial charge is 0.276 e. The summed E-state index contributed by atoms with van der Waals surface area (Å²) in [5.74, 6) is 0. The van der Waals surface area contributed by atoms with Crippen molar-refractivity contribution in [2.45, 2.75) is 49.8 Å². The van der Waals surface area contributed by atoms with Gasteiger partial charge in [-0.2, -0.15) is 36.7 Å². The van der Waals surface area contributed by atoms with Crippen molar-refractivity contribution in [3.63, 3.8) is 0 Å². The van der Waals surface area contributed by atoms with Gasteiger partial charge in [-0.05, 0) is 51.0 Å². The molecule has 0 heterocycles. The minimum absolute atomic E-state index is 0.0661. The van der Waals surface area contributed by atoms with Crippen LogP contribution in [0.2, 0.25) is 0 Å². The van der Waals surface area contributed by atoms with Gasteiger partial charge in [0.05, 0.1) is 15.5 Å². The molecule has 0 unspecified atom stereocenters. The van der Waals surface area contributed by atoms with Crippen LogP contribution in [0.4, 0.5) is 0 Å². The number of hydrazone groups is 2. The van der Waals surface area contributed by atoms with Gasteiger partial charge >= 0.3 is 0 Å². The second-order valence-electron chi connectivity index (χ2n) is 8.30. The van der Waals surface area contributed by atoms with Crippen molar-refractivity contribution in [1.82, 2.24) is 9.66 Å². The first-order valence-corrected chi connectivity index (χ1v) is 14.5. The first-order chi connectivity index (χ1) is 17.1. The van der Waals surface area contributed by atoms with Gasteiger partial charge in [0, 0.05) is 5.56 Å². The molecule has 0 bridgehead atoms. The van der Waals surface area contributed by atoms with E-state index < -0.39 is 20.0 Å². The molecule has 10 heteroatoms. The fourth-order valence-electron chi connectivity index (χ4n) is 3.22. The number of unbranched alkanes of at least 4 members (excludes halogenated alkanes) is 1. The van der Waals surface area contributed by atoms with E-state index in [4.69, 9.17) is 0 Å². The maximum Gasteiger partial charge on any atom is 0.276 e. The number of nitrogens with zero attached hydrogens (tertiary/aromatic N) is 2. The third-order valence-corrected chi connectivity index (χ3v) is 7.78. The Bertz CT molecular complexity index is 1430. The zero-order valence-electron chi connectivity index (χ0n) is 20.5. The predicted octanol–water partition coefficient (Wildman–Crippen LogP) is 4.51. The first-order valence-electron chi connectivity index (χ1n) is 11.5. The van der Waals surface area contributed by atoms with E-state index in [9.17, 15) is 16.8 Å². The molecule has 0 atom stereocenters. The zero-order valence-corrected chi connectivity index (χ0v) is 22.1. The van der Waals surface area contributed by atoms with Gasteiger partial charge in [0.1, 0.15) is 5.71 Å². The maximum absolute atomic E-state index is 12.9. The molecule has 0 aromatic heterocycles. The number of aryl methyl sites for hydroxylation is 2. The van der Waals surface area contributed by atoms with E-state index in [-0.39, 0.29) is 15.5 Å². The molecule has 0 fully saturated rings. The second-order valence-corrected chi connectivity index (χ2v) is 11.6. The van der Waals surface area contributed by atoms with Crippen LogP contribution in [0.5, 0.6) is 0 Å². The number of benzene rings is 3. The van der Waals surface area contributed by atoms with Gasteiger partial charge in [-0.1, -0.05) is 79.1 Å². The molecule has 0 radical (unpaired) electrons. The summed E-state index contributed by atoms with van der Waals surface area (Å²) in [6.07, 6.45) is 1.90. The normalized spacial score (nSPS) is 12.9. The highest BCUT2D eigenvalue weighted by molar-refractivity contribution is 7.89. The smallest absolute Gasteiger partial charge is 0.200 e. The van der Waals surface area contributed by atoms with Gasteiger partial charge in [-0.25, -0.2) is 0 Å². The molecule has 3 aromatic rings. The number of sulfonamides is 2. The highest BCUT2D eigenvalue weighted by Crippen LogP contribution is 2.14. The Kier molecular flexibility index (Phi) is 9.00. The van der Waals surface area contributed by atoms with E-state index in [1.54, 1.807) is 48.5 Å². The van der Waals surface area contributed by atoms with Crippen LogP contribution in [0.25, 0.3) is 0 Å². The molecule has 0 aliphatic rings. The highest BCUT2D eigenvalue weighted by atomic mass is 32.2. The molecule has 3 aromatic carbocycles. The summed E-state index contributed by atoms with van der Waals surface area (Å²) in [6, 6.07) is 21.7. The van der Waals surface area contributed by atoms with Gasteiger partial charge in [0.15, 0.2) is 0 Å². The average Bonchev–Trinajstić information content (AvgIpc) is 2.86. The lowest BCUT2D eigenvalue weighted by atomic mass is 10.0. The Balaban J connectivity index is 2.01. The van der Waals surface area contributed by atoms with E-state index in [0.717, 1.165) is 17.5 Å². The molecule has 0 saturated heterocycles. The van der Waals surface area contributed by atoms with Crippen molar-refractivity contribution in [3.8, 4) is 0 Å². The zero-order chi connectivity index (χ0) is 26.2. The fourth-order valence-corrected chi connectivity index (χ4v) is 4.87. The molecular weight excluding hydrogens is 496 g/mol. The minimum atomic E-state index is -3.96. The Morgan fingerprint density at radius 3 is 1.64 bits per heavy atom. The van der Waals surface area contributed by atoms with E-state index in [1.807, 2.05) is 26.8 Å². The average molecular weight is 527 g/mol. The van der Waals surface area contributed by atoms with E-state index in [1.165, 1.54) is 24.3 Å². The van der Waals surface area contributed by atoms with Crippen LogP contribution in [-0.4, -0.2) is 28.3 Å². The van der Waals surface area contributed by atoms with Crippen molar-refractivity contribution < 1.29 is 16.8 Å². The van der Waals surface area contributed by atoms with Crippen LogP contribution >= 0.6 is 0 Å². The molecule has 0 aliphatic carbocycles. The van der Waals surface area contributed by atoms with E-state index in [2.05, 4.69) is 19.9 Å². The van der Waals surface area contributed by atoms with Gasteiger partial charge in [-0.3, -0.25) is 0 Å². The third-order valence-electron chi connectivity index (χ3n) is 5.33. The van der Waals surface area contributed by atoms with Crippen LogP contribution in [0.3, 0.4) is 0 Å². The summed E-state index contributed by atoms with van der Waals surface area (Å²) in [5, 5.41) is 8.42. The highest BCUT2D eigenvalue weighted by Gasteiger charge is 2.19. The summed E-state index contributed by atoms with van der Waals surface area (Å²) >= 11 is 0. The van der Waals surface area contributed by atoms with Crippen LogP contribution in [0.15, 0.2) is 98.9 Å². The number of rotatable bonds is 11. The van der Waals surface area contributed by atoms with Gasteiger partial charge < -0.3 is 0 Å². The molecule has 2 N–H and O–H groups in total. The third kappa shape index (κ3) is 7.25. The van der Waals surface area contributed by atoms with Crippen LogP contribution in [0, 0.1) is 13.8 Å². The number of hydrogen-bond acceptors (Lipinski definition) is 6. The van der Waals surface area contributed by atoms with Crippen LogP contribution < -0.4 is 9.66 Å². The van der Waals surface area contributed by atoms with Gasteiger partial charge in [0.25, 0.3) is 20.0 Å². The molecule has 190 valence electrons. The monoisotopic (exact) mass is 526 g/mol.